The third-order valence-corrected chi connectivity index (χ3v) is 2.83. The summed E-state index contributed by atoms with van der Waals surface area (Å²) in [5.41, 5.74) is 1.55. The Morgan fingerprint density at radius 3 is 1.53 bits per heavy atom. The van der Waals surface area contributed by atoms with Crippen LogP contribution in [0.25, 0.3) is 0 Å². The van der Waals surface area contributed by atoms with Gasteiger partial charge in [0.15, 0.2) is 0 Å². The van der Waals surface area contributed by atoms with Gasteiger partial charge in [0.1, 0.15) is 0 Å². The monoisotopic (exact) mass is 230 g/mol. The summed E-state index contributed by atoms with van der Waals surface area (Å²) < 4.78 is 0. The highest BCUT2D eigenvalue weighted by Gasteiger charge is 2.22. The molecule has 0 aliphatic rings. The quantitative estimate of drug-likeness (QED) is 0.687. The molecule has 92 valence electrons. The van der Waals surface area contributed by atoms with Gasteiger partial charge < -0.3 is 5.11 Å². The minimum atomic E-state index is -0.232. The smallest absolute Gasteiger partial charge is 0.0991 e. The van der Waals surface area contributed by atoms with Crippen molar-refractivity contribution >= 4 is 0 Å². The summed E-state index contributed by atoms with van der Waals surface area (Å²) in [5, 5.41) is 21.5. The predicted octanol–water partition coefficient (Wildman–Crippen LogP) is 3.23. The van der Waals surface area contributed by atoms with E-state index in [1.54, 1.807) is 12.1 Å². The van der Waals surface area contributed by atoms with Crippen LogP contribution in [0.1, 0.15) is 58.2 Å². The van der Waals surface area contributed by atoms with Crippen molar-refractivity contribution in [1.82, 2.24) is 0 Å². The SMILES string of the molecule is CC(C)(C)c1cc(C#N)cc(C(C)(C)C)c1[O-]. The second-order valence-electron chi connectivity index (χ2n) is 6.51. The van der Waals surface area contributed by atoms with E-state index in [1.807, 2.05) is 41.5 Å². The Balaban J connectivity index is 3.61. The largest absolute Gasteiger partial charge is 0.872 e. The van der Waals surface area contributed by atoms with Gasteiger partial charge in [-0.25, -0.2) is 0 Å². The number of nitrogens with zero attached hydrogens (tertiary/aromatic N) is 1. The first-order valence-corrected chi connectivity index (χ1v) is 5.83. The van der Waals surface area contributed by atoms with E-state index >= 15 is 0 Å². The molecule has 0 radical (unpaired) electrons. The Kier molecular flexibility index (Phi) is 3.25. The molecule has 0 aromatic heterocycles. The van der Waals surface area contributed by atoms with Crippen molar-refractivity contribution in [3.8, 4) is 11.8 Å². The van der Waals surface area contributed by atoms with Gasteiger partial charge >= 0.3 is 0 Å². The number of hydrogen-bond donors (Lipinski definition) is 0. The number of benzene rings is 1. The van der Waals surface area contributed by atoms with Crippen molar-refractivity contribution in [3.63, 3.8) is 0 Å². The molecule has 0 aliphatic heterocycles. The minimum Gasteiger partial charge on any atom is -0.872 e. The standard InChI is InChI=1S/C15H21NO/c1-14(2,3)11-7-10(9-16)8-12(13(11)17)15(4,5)6/h7-8,17H,1-6H3/p-1. The lowest BCUT2D eigenvalue weighted by Gasteiger charge is -2.33. The molecular weight excluding hydrogens is 210 g/mol. The summed E-state index contributed by atoms with van der Waals surface area (Å²) in [6.07, 6.45) is 0. The summed E-state index contributed by atoms with van der Waals surface area (Å²) in [5.74, 6) is 0.0731. The number of rotatable bonds is 0. The first-order valence-electron chi connectivity index (χ1n) is 5.83. The maximum Gasteiger partial charge on any atom is 0.0991 e. The van der Waals surface area contributed by atoms with E-state index in [0.717, 1.165) is 11.1 Å². The molecule has 0 bridgehead atoms. The fraction of sp³-hybridized carbons (Fsp3) is 0.533. The molecular formula is C15H20NO-. The second-order valence-corrected chi connectivity index (χ2v) is 6.51. The molecule has 1 aromatic carbocycles. The fourth-order valence-corrected chi connectivity index (χ4v) is 1.81. The normalized spacial score (nSPS) is 12.3. The molecule has 1 rings (SSSR count). The Morgan fingerprint density at radius 1 is 0.941 bits per heavy atom. The van der Waals surface area contributed by atoms with Crippen LogP contribution in [0.15, 0.2) is 12.1 Å². The van der Waals surface area contributed by atoms with Crippen LogP contribution >= 0.6 is 0 Å². The van der Waals surface area contributed by atoms with Gasteiger partial charge in [-0.15, -0.1) is 5.75 Å². The van der Waals surface area contributed by atoms with E-state index in [1.165, 1.54) is 0 Å². The summed E-state index contributed by atoms with van der Waals surface area (Å²) in [4.78, 5) is 0. The molecule has 2 nitrogen and oxygen atoms in total. The van der Waals surface area contributed by atoms with Crippen molar-refractivity contribution in [1.29, 1.82) is 5.26 Å². The summed E-state index contributed by atoms with van der Waals surface area (Å²) >= 11 is 0. The maximum atomic E-state index is 12.4. The highest BCUT2D eigenvalue weighted by molar-refractivity contribution is 5.51. The van der Waals surface area contributed by atoms with Crippen molar-refractivity contribution in [2.24, 2.45) is 0 Å². The van der Waals surface area contributed by atoms with Crippen LogP contribution in [0.4, 0.5) is 0 Å². The molecule has 0 spiro atoms. The van der Waals surface area contributed by atoms with E-state index in [0.29, 0.717) is 5.56 Å². The van der Waals surface area contributed by atoms with Crippen LogP contribution in [-0.2, 0) is 10.8 Å². The van der Waals surface area contributed by atoms with Crippen LogP contribution in [-0.4, -0.2) is 0 Å². The minimum absolute atomic E-state index is 0.0731. The summed E-state index contributed by atoms with van der Waals surface area (Å²) in [6.45, 7) is 12.0. The molecule has 0 unspecified atom stereocenters. The molecule has 0 amide bonds. The molecule has 0 fully saturated rings. The third kappa shape index (κ3) is 2.79. The van der Waals surface area contributed by atoms with Gasteiger partial charge in [0.25, 0.3) is 0 Å². The van der Waals surface area contributed by atoms with Crippen LogP contribution in [0.5, 0.6) is 5.75 Å². The molecule has 0 saturated carbocycles. The van der Waals surface area contributed by atoms with Crippen LogP contribution in [0.3, 0.4) is 0 Å². The molecule has 2 heteroatoms. The van der Waals surface area contributed by atoms with Gasteiger partial charge in [-0.2, -0.15) is 5.26 Å². The Bertz CT molecular complexity index is 432. The van der Waals surface area contributed by atoms with Gasteiger partial charge in [-0.3, -0.25) is 0 Å². The third-order valence-electron chi connectivity index (χ3n) is 2.83. The average molecular weight is 230 g/mol. The van der Waals surface area contributed by atoms with E-state index in [9.17, 15) is 5.11 Å². The zero-order chi connectivity index (χ0) is 13.4. The molecule has 0 heterocycles. The molecule has 0 N–H and O–H groups in total. The Morgan fingerprint density at radius 2 is 1.29 bits per heavy atom. The van der Waals surface area contributed by atoms with Gasteiger partial charge in [0, 0.05) is 0 Å². The van der Waals surface area contributed by atoms with Crippen LogP contribution < -0.4 is 5.11 Å². The summed E-state index contributed by atoms with van der Waals surface area (Å²) in [7, 11) is 0. The van der Waals surface area contributed by atoms with Crippen molar-refractivity contribution in [2.75, 3.05) is 0 Å². The first-order chi connectivity index (χ1) is 7.57. The first kappa shape index (κ1) is 13.6. The highest BCUT2D eigenvalue weighted by atomic mass is 16.3. The number of nitriles is 1. The van der Waals surface area contributed by atoms with Gasteiger partial charge in [0.05, 0.1) is 11.6 Å². The maximum absolute atomic E-state index is 12.4. The predicted molar refractivity (Wildman–Crippen MR) is 68.0 cm³/mol. The highest BCUT2D eigenvalue weighted by Crippen LogP contribution is 2.37. The van der Waals surface area contributed by atoms with Gasteiger partial charge in [-0.1, -0.05) is 41.5 Å². The Hall–Kier alpha value is -1.49. The van der Waals surface area contributed by atoms with Gasteiger partial charge in [0.2, 0.25) is 0 Å². The van der Waals surface area contributed by atoms with Crippen molar-refractivity contribution in [2.45, 2.75) is 52.4 Å². The lowest BCUT2D eigenvalue weighted by atomic mass is 9.78. The molecule has 1 aromatic rings. The molecule has 0 aliphatic carbocycles. The number of hydrogen-bond acceptors (Lipinski definition) is 2. The molecule has 0 saturated heterocycles. The Labute approximate surface area is 104 Å². The van der Waals surface area contributed by atoms with Crippen LogP contribution in [0.2, 0.25) is 0 Å². The second kappa shape index (κ2) is 4.07. The van der Waals surface area contributed by atoms with Crippen LogP contribution in [0, 0.1) is 11.3 Å². The zero-order valence-corrected chi connectivity index (χ0v) is 11.5. The average Bonchev–Trinajstić information content (AvgIpc) is 2.14. The lowest BCUT2D eigenvalue weighted by molar-refractivity contribution is -0.271. The van der Waals surface area contributed by atoms with E-state index in [2.05, 4.69) is 6.07 Å². The fourth-order valence-electron chi connectivity index (χ4n) is 1.81. The topological polar surface area (TPSA) is 46.8 Å². The lowest BCUT2D eigenvalue weighted by Crippen LogP contribution is -2.21. The van der Waals surface area contributed by atoms with E-state index in [4.69, 9.17) is 5.26 Å². The van der Waals surface area contributed by atoms with Crippen molar-refractivity contribution in [3.05, 3.63) is 28.8 Å². The zero-order valence-electron chi connectivity index (χ0n) is 11.5. The van der Waals surface area contributed by atoms with Gasteiger partial charge in [-0.05, 0) is 34.1 Å². The molecule has 17 heavy (non-hydrogen) atoms. The summed E-state index contributed by atoms with van der Waals surface area (Å²) in [6, 6.07) is 5.58. The van der Waals surface area contributed by atoms with Crippen molar-refractivity contribution < 1.29 is 5.11 Å². The van der Waals surface area contributed by atoms with E-state index < -0.39 is 0 Å². The van der Waals surface area contributed by atoms with E-state index in [-0.39, 0.29) is 16.6 Å². The molecule has 0 atom stereocenters.